The first kappa shape index (κ1) is 38.6. The normalized spacial score (nSPS) is 11.3. The summed E-state index contributed by atoms with van der Waals surface area (Å²) >= 11 is 2.47. The molecule has 0 amide bonds. The molecule has 9 aromatic rings. The van der Waals surface area contributed by atoms with Gasteiger partial charge in [-0.1, -0.05) is 65.7 Å². The molecule has 61 heavy (non-hydrogen) atoms. The van der Waals surface area contributed by atoms with Crippen LogP contribution in [0.4, 0.5) is 11.4 Å². The highest BCUT2D eigenvalue weighted by Crippen LogP contribution is 2.40. The number of nitrogens with one attached hydrogen (secondary N) is 2. The predicted octanol–water partition coefficient (Wildman–Crippen LogP) is 9.23. The zero-order valence-corrected chi connectivity index (χ0v) is 33.8. The zero-order valence-electron chi connectivity index (χ0n) is 32.2. The molecule has 0 saturated carbocycles. The third kappa shape index (κ3) is 7.28. The summed E-state index contributed by atoms with van der Waals surface area (Å²) in [6.45, 7) is 3.97. The number of benzene rings is 4. The standard InChI is InChI=1S/C44H31N9O6S2/c1-25-5-9-27(10-6-25)34-23-60-43(46-34)50-41(54)37(39(48-50)29-13-17-32(18-14-29)52(56)57)36(31-4-3-21-45-22-31)38-40(30-15-19-33(20-16-30)53(58)59)49-51(42(38)55)44-47-35(24-61-44)28-11-7-26(2)8-12-28/h3-24,36,48-49H,1-2H3. The second kappa shape index (κ2) is 15.7. The van der Waals surface area contributed by atoms with Crippen LogP contribution in [-0.4, -0.2) is 44.4 Å². The number of hydrogen-bond acceptors (Lipinski definition) is 11. The topological polar surface area (TPSA) is 201 Å². The van der Waals surface area contributed by atoms with Crippen LogP contribution < -0.4 is 11.1 Å². The fourth-order valence-corrected chi connectivity index (χ4v) is 8.70. The molecule has 5 aromatic heterocycles. The van der Waals surface area contributed by atoms with Gasteiger partial charge in [-0.05, 0) is 49.7 Å². The average molecular weight is 846 g/mol. The first-order valence-electron chi connectivity index (χ1n) is 18.7. The van der Waals surface area contributed by atoms with Crippen LogP contribution in [0.5, 0.6) is 0 Å². The summed E-state index contributed by atoms with van der Waals surface area (Å²) in [5, 5.41) is 34.2. The molecule has 17 heteroatoms. The predicted molar refractivity (Wildman–Crippen MR) is 234 cm³/mol. The van der Waals surface area contributed by atoms with E-state index in [2.05, 4.69) is 15.2 Å². The minimum absolute atomic E-state index is 0.125. The van der Waals surface area contributed by atoms with Crippen LogP contribution in [0.2, 0.25) is 0 Å². The molecule has 0 radical (unpaired) electrons. The number of rotatable bonds is 11. The van der Waals surface area contributed by atoms with Gasteiger partial charge in [0, 0.05) is 69.7 Å². The fraction of sp³-hybridized carbons (Fsp3) is 0.0682. The Morgan fingerprint density at radius 2 is 1.00 bits per heavy atom. The second-order valence-corrected chi connectivity index (χ2v) is 15.8. The lowest BCUT2D eigenvalue weighted by atomic mass is 9.83. The lowest BCUT2D eigenvalue weighted by Crippen LogP contribution is -2.25. The molecule has 9 rings (SSSR count). The number of H-pyrrole nitrogens is 2. The van der Waals surface area contributed by atoms with Crippen molar-refractivity contribution in [1.29, 1.82) is 0 Å². The molecule has 0 aliphatic carbocycles. The number of aromatic amines is 2. The number of non-ortho nitro benzene ring substituents is 2. The molecule has 5 heterocycles. The molecule has 300 valence electrons. The van der Waals surface area contributed by atoms with E-state index >= 15 is 9.59 Å². The molecule has 0 atom stereocenters. The first-order chi connectivity index (χ1) is 29.5. The Hall–Kier alpha value is -7.89. The molecular weight excluding hydrogens is 815 g/mol. The van der Waals surface area contributed by atoms with E-state index in [-0.39, 0.29) is 33.9 Å². The Morgan fingerprint density at radius 3 is 1.38 bits per heavy atom. The quantitative estimate of drug-likeness (QED) is 0.0940. The van der Waals surface area contributed by atoms with Crippen molar-refractivity contribution in [2.45, 2.75) is 19.8 Å². The van der Waals surface area contributed by atoms with Crippen molar-refractivity contribution in [2.24, 2.45) is 0 Å². The van der Waals surface area contributed by atoms with Crippen LogP contribution >= 0.6 is 22.7 Å². The number of thiazole rings is 2. The number of nitrogens with zero attached hydrogens (tertiary/aromatic N) is 7. The van der Waals surface area contributed by atoms with Gasteiger partial charge in [-0.15, -0.1) is 22.7 Å². The van der Waals surface area contributed by atoms with Crippen molar-refractivity contribution in [3.63, 3.8) is 0 Å². The summed E-state index contributed by atoms with van der Waals surface area (Å²) in [6, 6.07) is 30.6. The Kier molecular flexibility index (Phi) is 9.94. The largest absolute Gasteiger partial charge is 0.288 e. The van der Waals surface area contributed by atoms with Gasteiger partial charge in [0.25, 0.3) is 22.5 Å². The van der Waals surface area contributed by atoms with E-state index in [0.29, 0.717) is 38.3 Å². The van der Waals surface area contributed by atoms with Gasteiger partial charge in [0.1, 0.15) is 0 Å². The van der Waals surface area contributed by atoms with E-state index in [1.54, 1.807) is 24.5 Å². The summed E-state index contributed by atoms with van der Waals surface area (Å²) < 4.78 is 2.62. The molecular formula is C44H31N9O6S2. The number of aryl methyl sites for hydroxylation is 2. The van der Waals surface area contributed by atoms with Gasteiger partial charge in [-0.3, -0.25) is 45.0 Å². The fourth-order valence-electron chi connectivity index (χ4n) is 7.12. The van der Waals surface area contributed by atoms with Crippen LogP contribution in [0.25, 0.3) is 55.3 Å². The average Bonchev–Trinajstić information content (AvgIpc) is 4.09. The lowest BCUT2D eigenvalue weighted by molar-refractivity contribution is -0.385. The van der Waals surface area contributed by atoms with E-state index in [1.807, 2.05) is 73.1 Å². The van der Waals surface area contributed by atoms with E-state index in [0.717, 1.165) is 22.3 Å². The van der Waals surface area contributed by atoms with Gasteiger partial charge in [0.05, 0.1) is 49.7 Å². The lowest BCUT2D eigenvalue weighted by Gasteiger charge is -2.17. The molecule has 0 fully saturated rings. The van der Waals surface area contributed by atoms with Crippen LogP contribution in [0.1, 0.15) is 33.7 Å². The maximum Gasteiger partial charge on any atom is 0.278 e. The Bertz CT molecular complexity index is 3000. The highest BCUT2D eigenvalue weighted by Gasteiger charge is 2.35. The van der Waals surface area contributed by atoms with Gasteiger partial charge in [0.15, 0.2) is 0 Å². The van der Waals surface area contributed by atoms with Gasteiger partial charge in [-0.2, -0.15) is 9.36 Å². The van der Waals surface area contributed by atoms with Crippen LogP contribution in [0.3, 0.4) is 0 Å². The third-order valence-corrected chi connectivity index (χ3v) is 11.9. The van der Waals surface area contributed by atoms with Crippen LogP contribution in [-0.2, 0) is 0 Å². The van der Waals surface area contributed by atoms with Crippen molar-refractivity contribution in [3.05, 3.63) is 201 Å². The van der Waals surface area contributed by atoms with Gasteiger partial charge in [-0.25, -0.2) is 9.97 Å². The highest BCUT2D eigenvalue weighted by molar-refractivity contribution is 7.12. The molecule has 0 aliphatic heterocycles. The first-order valence-corrected chi connectivity index (χ1v) is 20.5. The van der Waals surface area contributed by atoms with Crippen molar-refractivity contribution in [1.82, 2.24) is 34.5 Å². The molecule has 15 nitrogen and oxygen atoms in total. The van der Waals surface area contributed by atoms with E-state index in [4.69, 9.17) is 9.97 Å². The molecule has 0 saturated heterocycles. The van der Waals surface area contributed by atoms with Crippen molar-refractivity contribution in [3.8, 4) is 55.3 Å². The smallest absolute Gasteiger partial charge is 0.278 e. The Morgan fingerprint density at radius 1 is 0.590 bits per heavy atom. The Balaban J connectivity index is 1.30. The number of pyridine rings is 1. The Labute approximate surface area is 353 Å². The maximum absolute atomic E-state index is 15.2. The number of aromatic nitrogens is 7. The van der Waals surface area contributed by atoms with Crippen molar-refractivity contribution < 1.29 is 9.85 Å². The minimum Gasteiger partial charge on any atom is -0.288 e. The summed E-state index contributed by atoms with van der Waals surface area (Å²) in [5.74, 6) is -1.13. The molecule has 0 aliphatic rings. The monoisotopic (exact) mass is 845 g/mol. The highest BCUT2D eigenvalue weighted by atomic mass is 32.1. The summed E-state index contributed by atoms with van der Waals surface area (Å²) in [7, 11) is 0. The van der Waals surface area contributed by atoms with Crippen LogP contribution in [0, 0.1) is 34.1 Å². The molecule has 0 bridgehead atoms. The molecule has 2 N–H and O–H groups in total. The van der Waals surface area contributed by atoms with Crippen molar-refractivity contribution >= 4 is 34.0 Å². The molecule has 0 unspecified atom stereocenters. The summed E-state index contributed by atoms with van der Waals surface area (Å²) in [5.41, 5.74) is 5.90. The number of nitro groups is 2. The number of hydrogen-bond donors (Lipinski definition) is 2. The summed E-state index contributed by atoms with van der Waals surface area (Å²) in [6.07, 6.45) is 3.14. The van der Waals surface area contributed by atoms with Crippen LogP contribution in [0.15, 0.2) is 142 Å². The van der Waals surface area contributed by atoms with Gasteiger partial charge >= 0.3 is 0 Å². The SMILES string of the molecule is Cc1ccc(-c2csc(-n3[nH]c(-c4ccc([N+](=O)[O-])cc4)c(C(c4cccnc4)c4c(-c5ccc([N+](=O)[O-])cc5)[nH]n(-c5nc(-c6ccc(C)cc6)cs5)c4=O)c3=O)n2)cc1. The second-order valence-electron chi connectivity index (χ2n) is 14.2. The zero-order chi connectivity index (χ0) is 42.4. The van der Waals surface area contributed by atoms with E-state index in [1.165, 1.54) is 80.6 Å². The van der Waals surface area contributed by atoms with Gasteiger partial charge < -0.3 is 0 Å². The third-order valence-electron chi connectivity index (χ3n) is 10.2. The molecule has 0 spiro atoms. The van der Waals surface area contributed by atoms with E-state index in [9.17, 15) is 20.2 Å². The summed E-state index contributed by atoms with van der Waals surface area (Å²) in [4.78, 5) is 66.9. The van der Waals surface area contributed by atoms with Crippen molar-refractivity contribution in [2.75, 3.05) is 0 Å². The minimum atomic E-state index is -1.13. The van der Waals surface area contributed by atoms with E-state index < -0.39 is 26.9 Å². The number of nitro benzene ring substituents is 2. The van der Waals surface area contributed by atoms with Gasteiger partial charge in [0.2, 0.25) is 10.3 Å². The molecule has 4 aromatic carbocycles. The maximum atomic E-state index is 15.2.